The van der Waals surface area contributed by atoms with Crippen molar-refractivity contribution in [1.82, 2.24) is 19.8 Å². The third kappa shape index (κ3) is 4.15. The zero-order valence-corrected chi connectivity index (χ0v) is 21.3. The van der Waals surface area contributed by atoms with Gasteiger partial charge >= 0.3 is 0 Å². The predicted octanol–water partition coefficient (Wildman–Crippen LogP) is 5.71. The van der Waals surface area contributed by atoms with E-state index in [-0.39, 0.29) is 11.8 Å². The van der Waals surface area contributed by atoms with Crippen molar-refractivity contribution in [3.63, 3.8) is 0 Å². The molecular formula is C29H38N4O. The predicted molar refractivity (Wildman–Crippen MR) is 139 cm³/mol. The van der Waals surface area contributed by atoms with Crippen molar-refractivity contribution in [3.05, 3.63) is 53.3 Å². The van der Waals surface area contributed by atoms with E-state index in [1.165, 1.54) is 30.5 Å². The molecule has 2 saturated heterocycles. The number of hydrogen-bond acceptors (Lipinski definition) is 3. The van der Waals surface area contributed by atoms with Crippen LogP contribution in [-0.2, 0) is 4.79 Å². The number of likely N-dealkylation sites (tertiary alicyclic amines) is 2. The zero-order chi connectivity index (χ0) is 24.0. The lowest BCUT2D eigenvalue weighted by Crippen LogP contribution is -2.45. The highest BCUT2D eigenvalue weighted by atomic mass is 16.2. The minimum Gasteiger partial charge on any atom is -0.354 e. The highest BCUT2D eigenvalue weighted by Gasteiger charge is 2.40. The number of pyridine rings is 1. The number of H-pyrrole nitrogens is 1. The first-order chi connectivity index (χ1) is 16.3. The molecule has 5 rings (SSSR count). The van der Waals surface area contributed by atoms with Gasteiger partial charge in [-0.1, -0.05) is 19.9 Å². The summed E-state index contributed by atoms with van der Waals surface area (Å²) in [5, 5.41) is 1.23. The lowest BCUT2D eigenvalue weighted by molar-refractivity contribution is -0.134. The van der Waals surface area contributed by atoms with E-state index in [0.717, 1.165) is 54.0 Å². The third-order valence-corrected chi connectivity index (χ3v) is 8.26. The zero-order valence-electron chi connectivity index (χ0n) is 21.3. The van der Waals surface area contributed by atoms with Crippen molar-refractivity contribution in [2.75, 3.05) is 33.2 Å². The Hall–Kier alpha value is -2.66. The molecule has 5 nitrogen and oxygen atoms in total. The molecule has 5 heteroatoms. The molecule has 0 radical (unpaired) electrons. The first-order valence-corrected chi connectivity index (χ1v) is 12.8. The average molecular weight is 459 g/mol. The maximum absolute atomic E-state index is 13.5. The number of aryl methyl sites for hydroxylation is 1. The quantitative estimate of drug-likeness (QED) is 0.545. The fourth-order valence-corrected chi connectivity index (χ4v) is 6.21. The van der Waals surface area contributed by atoms with Crippen LogP contribution in [0.25, 0.3) is 22.2 Å². The Morgan fingerprint density at radius 2 is 1.79 bits per heavy atom. The van der Waals surface area contributed by atoms with Gasteiger partial charge in [-0.15, -0.1) is 0 Å². The highest BCUT2D eigenvalue weighted by molar-refractivity contribution is 5.93. The van der Waals surface area contributed by atoms with Gasteiger partial charge in [-0.05, 0) is 93.4 Å². The second-order valence-electron chi connectivity index (χ2n) is 11.1. The Kier molecular flexibility index (Phi) is 6.01. The Bertz CT molecular complexity index is 1200. The van der Waals surface area contributed by atoms with Gasteiger partial charge in [0, 0.05) is 48.0 Å². The summed E-state index contributed by atoms with van der Waals surface area (Å²) >= 11 is 0. The molecule has 2 aromatic heterocycles. The molecule has 2 aliphatic rings. The van der Waals surface area contributed by atoms with Crippen LogP contribution in [0.1, 0.15) is 68.7 Å². The minimum absolute atomic E-state index is 0.133. The van der Waals surface area contributed by atoms with Crippen LogP contribution in [0.15, 0.2) is 36.5 Å². The van der Waals surface area contributed by atoms with E-state index >= 15 is 0 Å². The van der Waals surface area contributed by atoms with E-state index in [9.17, 15) is 4.79 Å². The third-order valence-electron chi connectivity index (χ3n) is 8.26. The first-order valence-electron chi connectivity index (χ1n) is 12.8. The lowest BCUT2D eigenvalue weighted by Gasteiger charge is -2.40. The molecule has 1 aromatic carbocycles. The van der Waals surface area contributed by atoms with Crippen molar-refractivity contribution in [2.24, 2.45) is 5.41 Å². The summed E-state index contributed by atoms with van der Waals surface area (Å²) in [6.45, 7) is 12.8. The van der Waals surface area contributed by atoms with Gasteiger partial charge < -0.3 is 14.8 Å². The highest BCUT2D eigenvalue weighted by Crippen LogP contribution is 2.41. The molecule has 1 amide bonds. The molecule has 1 spiro atoms. The Labute approximate surface area is 203 Å². The number of nitrogens with zero attached hydrogens (tertiary/aromatic N) is 3. The van der Waals surface area contributed by atoms with Crippen LogP contribution in [0.3, 0.4) is 0 Å². The van der Waals surface area contributed by atoms with Crippen LogP contribution < -0.4 is 0 Å². The number of carbonyl (C=O) groups is 1. The first kappa shape index (κ1) is 23.1. The number of piperidine rings is 1. The van der Waals surface area contributed by atoms with Crippen molar-refractivity contribution >= 4 is 16.8 Å². The SMILES string of the molecule is Cc1cc(-c2[nH]c3ccc(C(C)C(=O)N4CCC5(CCN(C)C5)CC4)cc3c2C(C)C)ccn1. The van der Waals surface area contributed by atoms with E-state index in [2.05, 4.69) is 77.9 Å². The van der Waals surface area contributed by atoms with Crippen LogP contribution in [0.5, 0.6) is 0 Å². The number of carbonyl (C=O) groups excluding carboxylic acids is 1. The summed E-state index contributed by atoms with van der Waals surface area (Å²) in [4.78, 5) is 26.1. The number of nitrogens with one attached hydrogen (secondary N) is 1. The number of amides is 1. The van der Waals surface area contributed by atoms with E-state index in [1.54, 1.807) is 0 Å². The molecule has 3 aromatic rings. The summed E-state index contributed by atoms with van der Waals surface area (Å²) in [7, 11) is 2.22. The molecule has 4 heterocycles. The number of aromatic nitrogens is 2. The van der Waals surface area contributed by atoms with Crippen LogP contribution >= 0.6 is 0 Å². The minimum atomic E-state index is -0.133. The molecule has 1 N–H and O–H groups in total. The number of benzene rings is 1. The summed E-state index contributed by atoms with van der Waals surface area (Å²) in [5.41, 5.74) is 7.32. The molecule has 0 bridgehead atoms. The van der Waals surface area contributed by atoms with Gasteiger partial charge in [0.2, 0.25) is 5.91 Å². The molecule has 180 valence electrons. The molecule has 2 fully saturated rings. The molecule has 1 atom stereocenters. The molecular weight excluding hydrogens is 420 g/mol. The topological polar surface area (TPSA) is 52.2 Å². The van der Waals surface area contributed by atoms with E-state index < -0.39 is 0 Å². The lowest BCUT2D eigenvalue weighted by atomic mass is 9.77. The number of hydrogen-bond donors (Lipinski definition) is 1. The maximum atomic E-state index is 13.5. The van der Waals surface area contributed by atoms with Crippen LogP contribution in [0.4, 0.5) is 0 Å². The van der Waals surface area contributed by atoms with Gasteiger partial charge in [0.05, 0.1) is 11.6 Å². The molecule has 0 saturated carbocycles. The van der Waals surface area contributed by atoms with Crippen molar-refractivity contribution in [1.29, 1.82) is 0 Å². The summed E-state index contributed by atoms with van der Waals surface area (Å²) in [6.07, 6.45) is 5.43. The van der Waals surface area contributed by atoms with Crippen molar-refractivity contribution in [3.8, 4) is 11.3 Å². The number of rotatable bonds is 4. The second-order valence-corrected chi connectivity index (χ2v) is 11.1. The normalized spacial score (nSPS) is 19.4. The summed E-state index contributed by atoms with van der Waals surface area (Å²) in [6, 6.07) is 10.7. The van der Waals surface area contributed by atoms with Crippen LogP contribution in [-0.4, -0.2) is 58.9 Å². The fourth-order valence-electron chi connectivity index (χ4n) is 6.21. The largest absolute Gasteiger partial charge is 0.354 e. The van der Waals surface area contributed by atoms with E-state index in [0.29, 0.717) is 11.3 Å². The van der Waals surface area contributed by atoms with Gasteiger partial charge in [0.15, 0.2) is 0 Å². The average Bonchev–Trinajstić information content (AvgIpc) is 3.38. The number of fused-ring (bicyclic) bond motifs is 1. The standard InChI is InChI=1S/C29H38N4O/c1-19(2)26-24-17-22(6-7-25(24)31-27(26)23-8-12-30-20(3)16-23)21(4)28(34)33-14-10-29(11-15-33)9-13-32(5)18-29/h6-8,12,16-17,19,21,31H,9-11,13-15,18H2,1-5H3. The monoisotopic (exact) mass is 458 g/mol. The Balaban J connectivity index is 1.40. The fraction of sp³-hybridized carbons (Fsp3) is 0.517. The molecule has 2 aliphatic heterocycles. The number of aromatic amines is 1. The summed E-state index contributed by atoms with van der Waals surface area (Å²) < 4.78 is 0. The summed E-state index contributed by atoms with van der Waals surface area (Å²) in [5.74, 6) is 0.500. The van der Waals surface area contributed by atoms with E-state index in [1.807, 2.05) is 13.1 Å². The van der Waals surface area contributed by atoms with Crippen LogP contribution in [0, 0.1) is 12.3 Å². The van der Waals surface area contributed by atoms with Gasteiger partial charge in [0.25, 0.3) is 0 Å². The maximum Gasteiger partial charge on any atom is 0.229 e. The second kappa shape index (κ2) is 8.84. The smallest absolute Gasteiger partial charge is 0.229 e. The van der Waals surface area contributed by atoms with Crippen molar-refractivity contribution < 1.29 is 4.79 Å². The van der Waals surface area contributed by atoms with Gasteiger partial charge in [-0.25, -0.2) is 0 Å². The Morgan fingerprint density at radius 1 is 1.06 bits per heavy atom. The van der Waals surface area contributed by atoms with Gasteiger partial charge in [-0.3, -0.25) is 9.78 Å². The Morgan fingerprint density at radius 3 is 2.44 bits per heavy atom. The molecule has 34 heavy (non-hydrogen) atoms. The van der Waals surface area contributed by atoms with Gasteiger partial charge in [-0.2, -0.15) is 0 Å². The molecule has 1 unspecified atom stereocenters. The van der Waals surface area contributed by atoms with Gasteiger partial charge in [0.1, 0.15) is 0 Å². The van der Waals surface area contributed by atoms with Crippen LogP contribution in [0.2, 0.25) is 0 Å². The molecule has 0 aliphatic carbocycles. The van der Waals surface area contributed by atoms with Crippen molar-refractivity contribution in [2.45, 2.75) is 58.8 Å². The van der Waals surface area contributed by atoms with E-state index in [4.69, 9.17) is 0 Å².